The second-order valence-corrected chi connectivity index (χ2v) is 12.9. The van der Waals surface area contributed by atoms with E-state index in [2.05, 4.69) is 95.8 Å². The third-order valence-corrected chi connectivity index (χ3v) is 8.00. The maximum atomic E-state index is 10.8. The maximum absolute atomic E-state index is 10.8. The van der Waals surface area contributed by atoms with E-state index < -0.39 is 0 Å². The largest absolute Gasteiger partial charge is 0.493 e. The van der Waals surface area contributed by atoms with Gasteiger partial charge in [0.05, 0.1) is 24.4 Å². The molecule has 10 heteroatoms. The number of halogens is 2. The van der Waals surface area contributed by atoms with Crippen molar-refractivity contribution >= 4 is 39.5 Å². The summed E-state index contributed by atoms with van der Waals surface area (Å²) in [6, 6.07) is 9.51. The second-order valence-electron chi connectivity index (χ2n) is 11.9. The zero-order chi connectivity index (χ0) is 37.7. The van der Waals surface area contributed by atoms with E-state index in [0.29, 0.717) is 40.9 Å². The summed E-state index contributed by atoms with van der Waals surface area (Å²) in [6.07, 6.45) is 13.5. The van der Waals surface area contributed by atoms with Crippen molar-refractivity contribution in [2.45, 2.75) is 80.7 Å². The molecular weight excluding hydrogens is 716 g/mol. The Bertz CT molecular complexity index is 1360. The van der Waals surface area contributed by atoms with Gasteiger partial charge in [-0.3, -0.25) is 4.79 Å². The molecule has 0 aliphatic heterocycles. The highest BCUT2D eigenvalue weighted by atomic mass is 79.9. The molecule has 3 rings (SSSR count). The lowest BCUT2D eigenvalue weighted by Crippen LogP contribution is -2.22. The third kappa shape index (κ3) is 19.1. The fourth-order valence-corrected chi connectivity index (χ4v) is 5.31. The number of nitrogens with zero attached hydrogens (tertiary/aromatic N) is 3. The normalized spacial score (nSPS) is 11.6. The smallest absolute Gasteiger partial charge is 0.180 e. The van der Waals surface area contributed by atoms with Gasteiger partial charge in [-0.25, -0.2) is 4.98 Å². The number of fused-ring (bicyclic) bond motifs is 1. The minimum absolute atomic E-state index is 0.294. The van der Waals surface area contributed by atoms with E-state index in [-0.39, 0.29) is 0 Å². The molecule has 2 heterocycles. The van der Waals surface area contributed by atoms with Crippen LogP contribution < -0.4 is 14.8 Å². The number of ether oxygens (including phenoxy) is 3. The highest BCUT2D eigenvalue weighted by Gasteiger charge is 2.16. The van der Waals surface area contributed by atoms with E-state index in [4.69, 9.17) is 30.8 Å². The summed E-state index contributed by atoms with van der Waals surface area (Å²) in [4.78, 5) is 20.1. The number of aldehydes is 1. The number of carbonyl (C=O) groups excluding carboxylic acids is 1. The molecule has 1 N–H and O–H groups in total. The number of unbranched alkanes of at least 4 members (excludes halogenated alkanes) is 1. The first-order valence-corrected chi connectivity index (χ1v) is 19.1. The topological polar surface area (TPSA) is 77.3 Å². The number of carbonyl (C=O) groups is 1. The zero-order valence-corrected chi connectivity index (χ0v) is 34.6. The predicted octanol–water partition coefficient (Wildman–Crippen LogP) is 10.1. The van der Waals surface area contributed by atoms with Crippen molar-refractivity contribution in [3.63, 3.8) is 0 Å². The maximum Gasteiger partial charge on any atom is 0.180 e. The average Bonchev–Trinajstić information content (AvgIpc) is 3.45. The van der Waals surface area contributed by atoms with E-state index in [1.807, 2.05) is 37.9 Å². The first-order chi connectivity index (χ1) is 24.2. The van der Waals surface area contributed by atoms with Crippen LogP contribution in [0.5, 0.6) is 11.5 Å². The molecule has 0 aliphatic rings. The fourth-order valence-electron chi connectivity index (χ4n) is 4.53. The Morgan fingerprint density at radius 3 is 2.44 bits per heavy atom. The lowest BCUT2D eigenvalue weighted by molar-refractivity contribution is 0.112. The van der Waals surface area contributed by atoms with Gasteiger partial charge in [-0.15, -0.1) is 0 Å². The first kappa shape index (κ1) is 47.3. The average molecular weight is 780 g/mol. The van der Waals surface area contributed by atoms with Gasteiger partial charge in [0, 0.05) is 37.7 Å². The molecule has 3 aromatic rings. The lowest BCUT2D eigenvalue weighted by Gasteiger charge is -2.18. The minimum atomic E-state index is 0.294. The van der Waals surface area contributed by atoms with Crippen LogP contribution >= 0.6 is 27.5 Å². The van der Waals surface area contributed by atoms with Gasteiger partial charge >= 0.3 is 0 Å². The highest BCUT2D eigenvalue weighted by Crippen LogP contribution is 2.36. The summed E-state index contributed by atoms with van der Waals surface area (Å²) in [5.41, 5.74) is 3.98. The molecule has 8 nitrogen and oxygen atoms in total. The van der Waals surface area contributed by atoms with Crippen molar-refractivity contribution < 1.29 is 19.0 Å². The number of rotatable bonds is 19. The number of aromatic nitrogens is 2. The van der Waals surface area contributed by atoms with Gasteiger partial charge in [-0.1, -0.05) is 99.8 Å². The summed E-state index contributed by atoms with van der Waals surface area (Å²) in [6.45, 7) is 19.8. The van der Waals surface area contributed by atoms with Gasteiger partial charge in [-0.05, 0) is 87.4 Å². The Kier molecular flexibility index (Phi) is 28.4. The van der Waals surface area contributed by atoms with Gasteiger partial charge in [0.1, 0.15) is 12.3 Å². The van der Waals surface area contributed by atoms with Gasteiger partial charge in [0.15, 0.2) is 17.8 Å². The molecule has 2 aromatic heterocycles. The molecule has 0 saturated carbocycles. The van der Waals surface area contributed by atoms with Crippen LogP contribution in [0.3, 0.4) is 0 Å². The number of pyridine rings is 1. The van der Waals surface area contributed by atoms with E-state index in [0.717, 1.165) is 63.6 Å². The SMILES string of the molecule is C/C=C\COC.CC.CC(C)CCN(C)Cc1nc2ccccn2c1CC(C)/C=C/Br.CCCCNCCOc1c(OC)ccc(C=O)c1Cl. The number of hydrogen-bond acceptors (Lipinski definition) is 7. The monoisotopic (exact) mass is 778 g/mol. The number of nitrogens with one attached hydrogen (secondary N) is 1. The Balaban J connectivity index is 0.000000802. The third-order valence-electron chi connectivity index (χ3n) is 7.30. The molecule has 1 unspecified atom stereocenters. The van der Waals surface area contributed by atoms with Crippen LogP contribution in [0.15, 0.2) is 59.7 Å². The molecule has 1 aromatic carbocycles. The Labute approximate surface area is 316 Å². The molecule has 0 aliphatic carbocycles. The Hall–Kier alpha value is -2.69. The van der Waals surface area contributed by atoms with Crippen LogP contribution in [0.2, 0.25) is 5.02 Å². The van der Waals surface area contributed by atoms with Crippen molar-refractivity contribution in [3.8, 4) is 11.5 Å². The number of imidazole rings is 1. The molecule has 0 radical (unpaired) electrons. The molecular formula is C40H64BrClN4O4. The molecule has 0 saturated heterocycles. The van der Waals surface area contributed by atoms with E-state index in [1.54, 1.807) is 26.4 Å². The van der Waals surface area contributed by atoms with Gasteiger partial charge in [0.2, 0.25) is 0 Å². The van der Waals surface area contributed by atoms with Crippen molar-refractivity contribution in [3.05, 3.63) is 81.7 Å². The van der Waals surface area contributed by atoms with Crippen LogP contribution in [0.1, 0.15) is 89.5 Å². The molecule has 0 fully saturated rings. The zero-order valence-electron chi connectivity index (χ0n) is 32.3. The lowest BCUT2D eigenvalue weighted by atomic mass is 10.0. The molecule has 50 heavy (non-hydrogen) atoms. The second kappa shape index (κ2) is 30.0. The van der Waals surface area contributed by atoms with Crippen LogP contribution in [0.25, 0.3) is 5.65 Å². The van der Waals surface area contributed by atoms with Crippen molar-refractivity contribution in [2.24, 2.45) is 11.8 Å². The number of methoxy groups -OCH3 is 2. The minimum Gasteiger partial charge on any atom is -0.493 e. The standard InChI is InChI=1S/C19H28BrN3.C14H20ClNO3.C5H10O.C2H6/c1-15(2)9-12-22(4)14-17-18(13-16(3)8-10-20)23-11-6-5-7-19(23)21-17;1-3-4-7-16-8-9-19-14-12(18-2)6-5-11(10-17)13(14)15;1-3-4-5-6-2;1-2/h5-8,10-11,15-16H,9,12-14H2,1-4H3;5-6,10,16H,3-4,7-9H2,1-2H3;3-4H,5H2,1-2H3;1-2H3/b10-8+;;4-3-;. The Morgan fingerprint density at radius 2 is 1.86 bits per heavy atom. The predicted molar refractivity (Wildman–Crippen MR) is 217 cm³/mol. The highest BCUT2D eigenvalue weighted by molar-refractivity contribution is 9.11. The van der Waals surface area contributed by atoms with Gasteiger partial charge < -0.3 is 28.8 Å². The fraction of sp³-hybridized carbons (Fsp3) is 0.550. The van der Waals surface area contributed by atoms with E-state index in [1.165, 1.54) is 17.8 Å². The van der Waals surface area contributed by atoms with Crippen LogP contribution in [0.4, 0.5) is 0 Å². The van der Waals surface area contributed by atoms with Crippen LogP contribution in [0, 0.1) is 11.8 Å². The summed E-state index contributed by atoms with van der Waals surface area (Å²) in [5.74, 6) is 2.17. The summed E-state index contributed by atoms with van der Waals surface area (Å²) < 4.78 is 17.7. The van der Waals surface area contributed by atoms with Crippen molar-refractivity contribution in [1.29, 1.82) is 0 Å². The first-order valence-electron chi connectivity index (χ1n) is 17.8. The number of hydrogen-bond donors (Lipinski definition) is 1. The molecule has 0 bridgehead atoms. The van der Waals surface area contributed by atoms with Crippen molar-refractivity contribution in [2.75, 3.05) is 54.1 Å². The molecule has 282 valence electrons. The quantitative estimate of drug-likeness (QED) is 0.0738. The summed E-state index contributed by atoms with van der Waals surface area (Å²) in [7, 11) is 5.41. The van der Waals surface area contributed by atoms with Crippen LogP contribution in [-0.4, -0.2) is 74.7 Å². The number of benzene rings is 1. The Morgan fingerprint density at radius 1 is 1.12 bits per heavy atom. The van der Waals surface area contributed by atoms with Gasteiger partial charge in [0.25, 0.3) is 0 Å². The molecule has 1 atom stereocenters. The molecule has 0 spiro atoms. The number of allylic oxidation sites excluding steroid dienone is 2. The van der Waals surface area contributed by atoms with Crippen LogP contribution in [-0.2, 0) is 17.7 Å². The summed E-state index contributed by atoms with van der Waals surface area (Å²) in [5, 5.41) is 3.56. The van der Waals surface area contributed by atoms with Gasteiger partial charge in [-0.2, -0.15) is 0 Å². The van der Waals surface area contributed by atoms with E-state index in [9.17, 15) is 4.79 Å². The van der Waals surface area contributed by atoms with Crippen molar-refractivity contribution in [1.82, 2.24) is 19.6 Å². The van der Waals surface area contributed by atoms with E-state index >= 15 is 0 Å². The summed E-state index contributed by atoms with van der Waals surface area (Å²) >= 11 is 9.48. The molecule has 0 amide bonds.